The van der Waals surface area contributed by atoms with Crippen LogP contribution in [0.25, 0.3) is 0 Å². The highest BCUT2D eigenvalue weighted by atomic mass is 16.5. The second-order valence-electron chi connectivity index (χ2n) is 4.02. The molecular formula is C12H15NO3. The first-order valence-electron chi connectivity index (χ1n) is 5.47. The van der Waals surface area contributed by atoms with E-state index in [1.165, 1.54) is 13.3 Å². The molecule has 1 aliphatic rings. The largest absolute Gasteiger partial charge is 0.465 e. The summed E-state index contributed by atoms with van der Waals surface area (Å²) in [5.74, 6) is -0.381. The van der Waals surface area contributed by atoms with E-state index in [9.17, 15) is 9.90 Å². The molecule has 0 aromatic carbocycles. The van der Waals surface area contributed by atoms with Gasteiger partial charge in [0.25, 0.3) is 0 Å². The minimum absolute atomic E-state index is 0.381. The zero-order valence-electron chi connectivity index (χ0n) is 9.27. The maximum atomic E-state index is 11.3. The number of aromatic nitrogens is 1. The van der Waals surface area contributed by atoms with Crippen LogP contribution in [-0.2, 0) is 11.2 Å². The summed E-state index contributed by atoms with van der Waals surface area (Å²) in [6.07, 6.45) is 4.60. The van der Waals surface area contributed by atoms with Crippen LogP contribution in [0.4, 0.5) is 0 Å². The normalized spacial score (nSPS) is 19.8. The summed E-state index contributed by atoms with van der Waals surface area (Å²) in [6.45, 7) is 0. The van der Waals surface area contributed by atoms with Crippen LogP contribution >= 0.6 is 0 Å². The number of hydrogen-bond acceptors (Lipinski definition) is 4. The minimum atomic E-state index is -0.496. The number of aliphatic hydroxyl groups excluding tert-OH is 1. The van der Waals surface area contributed by atoms with Gasteiger partial charge in [-0.05, 0) is 30.9 Å². The van der Waals surface area contributed by atoms with Crippen LogP contribution in [0.15, 0.2) is 12.3 Å². The van der Waals surface area contributed by atoms with Crippen LogP contribution < -0.4 is 0 Å². The molecule has 0 amide bonds. The van der Waals surface area contributed by atoms with Crippen molar-refractivity contribution in [1.29, 1.82) is 0 Å². The molecule has 0 aliphatic heterocycles. The summed E-state index contributed by atoms with van der Waals surface area (Å²) >= 11 is 0. The minimum Gasteiger partial charge on any atom is -0.465 e. The lowest BCUT2D eigenvalue weighted by molar-refractivity contribution is 0.0599. The van der Waals surface area contributed by atoms with E-state index in [0.29, 0.717) is 11.3 Å². The SMILES string of the molecule is COC(=O)c1cnc2c(c1)CCCCC2O. The first-order chi connectivity index (χ1) is 7.72. The van der Waals surface area contributed by atoms with E-state index >= 15 is 0 Å². The zero-order valence-corrected chi connectivity index (χ0v) is 9.27. The Morgan fingerprint density at radius 3 is 3.12 bits per heavy atom. The molecule has 0 fully saturated rings. The Morgan fingerprint density at radius 1 is 1.56 bits per heavy atom. The van der Waals surface area contributed by atoms with Crippen LogP contribution in [-0.4, -0.2) is 23.2 Å². The Morgan fingerprint density at radius 2 is 2.38 bits per heavy atom. The Labute approximate surface area is 94.3 Å². The van der Waals surface area contributed by atoms with E-state index in [0.717, 1.165) is 31.2 Å². The van der Waals surface area contributed by atoms with Crippen LogP contribution in [0.5, 0.6) is 0 Å². The van der Waals surface area contributed by atoms with Crippen molar-refractivity contribution in [2.24, 2.45) is 0 Å². The molecule has 0 spiro atoms. The van der Waals surface area contributed by atoms with Gasteiger partial charge in [-0.2, -0.15) is 0 Å². The van der Waals surface area contributed by atoms with Gasteiger partial charge in [-0.3, -0.25) is 4.98 Å². The highest BCUT2D eigenvalue weighted by Gasteiger charge is 2.19. The van der Waals surface area contributed by atoms with E-state index in [4.69, 9.17) is 0 Å². The molecule has 1 N–H and O–H groups in total. The van der Waals surface area contributed by atoms with Crippen molar-refractivity contribution in [3.05, 3.63) is 29.1 Å². The first-order valence-corrected chi connectivity index (χ1v) is 5.47. The van der Waals surface area contributed by atoms with Crippen molar-refractivity contribution in [1.82, 2.24) is 4.98 Å². The number of aryl methyl sites for hydroxylation is 1. The van der Waals surface area contributed by atoms with Gasteiger partial charge < -0.3 is 9.84 Å². The van der Waals surface area contributed by atoms with Gasteiger partial charge in [-0.25, -0.2) is 4.79 Å². The third-order valence-electron chi connectivity index (χ3n) is 2.91. The molecule has 0 saturated carbocycles. The van der Waals surface area contributed by atoms with E-state index in [-0.39, 0.29) is 5.97 Å². The van der Waals surface area contributed by atoms with Gasteiger partial charge in [0.2, 0.25) is 0 Å². The molecule has 4 heteroatoms. The van der Waals surface area contributed by atoms with E-state index in [1.807, 2.05) is 0 Å². The zero-order chi connectivity index (χ0) is 11.5. The number of pyridine rings is 1. The molecule has 86 valence electrons. The van der Waals surface area contributed by atoms with Gasteiger partial charge in [0, 0.05) is 6.20 Å². The monoisotopic (exact) mass is 221 g/mol. The number of carbonyl (C=O) groups is 1. The molecule has 1 aliphatic carbocycles. The molecule has 4 nitrogen and oxygen atoms in total. The Balaban J connectivity index is 2.37. The highest BCUT2D eigenvalue weighted by Crippen LogP contribution is 2.27. The van der Waals surface area contributed by atoms with Gasteiger partial charge in [0.1, 0.15) is 0 Å². The van der Waals surface area contributed by atoms with Crippen molar-refractivity contribution >= 4 is 5.97 Å². The predicted octanol–water partition coefficient (Wildman–Crippen LogP) is 1.63. The standard InChI is InChI=1S/C12H15NO3/c1-16-12(15)9-6-8-4-2-3-5-10(14)11(8)13-7-9/h6-7,10,14H,2-5H2,1H3. The topological polar surface area (TPSA) is 59.4 Å². The predicted molar refractivity (Wildman–Crippen MR) is 58.1 cm³/mol. The lowest BCUT2D eigenvalue weighted by Gasteiger charge is -2.10. The lowest BCUT2D eigenvalue weighted by atomic mass is 10.1. The summed E-state index contributed by atoms with van der Waals surface area (Å²) in [7, 11) is 1.35. The van der Waals surface area contributed by atoms with Crippen LogP contribution in [0, 0.1) is 0 Å². The molecule has 1 atom stereocenters. The summed E-state index contributed by atoms with van der Waals surface area (Å²) in [4.78, 5) is 15.5. The molecule has 1 aromatic heterocycles. The number of hydrogen-bond donors (Lipinski definition) is 1. The summed E-state index contributed by atoms with van der Waals surface area (Å²) in [5.41, 5.74) is 2.13. The molecule has 1 heterocycles. The summed E-state index contributed by atoms with van der Waals surface area (Å²) in [5, 5.41) is 9.85. The average Bonchev–Trinajstić information content (AvgIpc) is 2.50. The van der Waals surface area contributed by atoms with E-state index in [2.05, 4.69) is 9.72 Å². The van der Waals surface area contributed by atoms with Crippen molar-refractivity contribution in [3.63, 3.8) is 0 Å². The number of methoxy groups -OCH3 is 1. The number of ether oxygens (including phenoxy) is 1. The molecular weight excluding hydrogens is 206 g/mol. The lowest BCUT2D eigenvalue weighted by Crippen LogP contribution is -2.07. The second-order valence-corrected chi connectivity index (χ2v) is 4.02. The Hall–Kier alpha value is -1.42. The number of aliphatic hydroxyl groups is 1. The molecule has 2 rings (SSSR count). The fraction of sp³-hybridized carbons (Fsp3) is 0.500. The molecule has 1 aromatic rings. The maximum absolute atomic E-state index is 11.3. The van der Waals surface area contributed by atoms with Crippen molar-refractivity contribution in [2.45, 2.75) is 31.8 Å². The molecule has 0 saturated heterocycles. The van der Waals surface area contributed by atoms with Crippen molar-refractivity contribution in [2.75, 3.05) is 7.11 Å². The Bertz CT molecular complexity index is 403. The van der Waals surface area contributed by atoms with Crippen LogP contribution in [0.2, 0.25) is 0 Å². The van der Waals surface area contributed by atoms with Crippen LogP contribution in [0.1, 0.15) is 47.0 Å². The van der Waals surface area contributed by atoms with E-state index < -0.39 is 6.10 Å². The van der Waals surface area contributed by atoms with Gasteiger partial charge >= 0.3 is 5.97 Å². The van der Waals surface area contributed by atoms with Crippen LogP contribution in [0.3, 0.4) is 0 Å². The van der Waals surface area contributed by atoms with Gasteiger partial charge in [0.15, 0.2) is 0 Å². The first kappa shape index (κ1) is 11.1. The molecule has 16 heavy (non-hydrogen) atoms. The molecule has 0 radical (unpaired) electrons. The Kier molecular flexibility index (Phi) is 3.19. The molecule has 1 unspecified atom stereocenters. The number of rotatable bonds is 1. The number of carbonyl (C=O) groups excluding carboxylic acids is 1. The molecule has 0 bridgehead atoms. The third-order valence-corrected chi connectivity index (χ3v) is 2.91. The maximum Gasteiger partial charge on any atom is 0.339 e. The summed E-state index contributed by atoms with van der Waals surface area (Å²) < 4.78 is 4.64. The fourth-order valence-corrected chi connectivity index (χ4v) is 2.04. The number of fused-ring (bicyclic) bond motifs is 1. The van der Waals surface area contributed by atoms with E-state index in [1.54, 1.807) is 6.07 Å². The number of nitrogens with zero attached hydrogens (tertiary/aromatic N) is 1. The summed E-state index contributed by atoms with van der Waals surface area (Å²) in [6, 6.07) is 1.78. The van der Waals surface area contributed by atoms with Crippen molar-refractivity contribution in [3.8, 4) is 0 Å². The van der Waals surface area contributed by atoms with Gasteiger partial charge in [0.05, 0.1) is 24.5 Å². The van der Waals surface area contributed by atoms with Crippen molar-refractivity contribution < 1.29 is 14.6 Å². The average molecular weight is 221 g/mol. The van der Waals surface area contributed by atoms with Gasteiger partial charge in [-0.15, -0.1) is 0 Å². The fourth-order valence-electron chi connectivity index (χ4n) is 2.04. The second kappa shape index (κ2) is 4.61. The number of esters is 1. The highest BCUT2D eigenvalue weighted by molar-refractivity contribution is 5.89. The van der Waals surface area contributed by atoms with Gasteiger partial charge in [-0.1, -0.05) is 6.42 Å². The third kappa shape index (κ3) is 2.07. The smallest absolute Gasteiger partial charge is 0.339 e. The quantitative estimate of drug-likeness (QED) is 0.578.